The van der Waals surface area contributed by atoms with Crippen molar-refractivity contribution < 1.29 is 4.74 Å². The van der Waals surface area contributed by atoms with Gasteiger partial charge in [0.1, 0.15) is 0 Å². The second-order valence-corrected chi connectivity index (χ2v) is 7.39. The zero-order valence-corrected chi connectivity index (χ0v) is 18.6. The number of nitrogens with zero attached hydrogens (tertiary/aromatic N) is 2. The predicted octanol–water partition coefficient (Wildman–Crippen LogP) is 2.95. The van der Waals surface area contributed by atoms with Crippen LogP contribution in [0, 0.1) is 11.8 Å². The number of halogens is 1. The number of nitrogens with one attached hydrogen (secondary N) is 2. The number of hydrogen-bond acceptors (Lipinski definition) is 3. The SMILES string of the molecule is CN=C(NCCCOCC(C)C)NC[C@H]1CCCN1CC(C)C.I. The first-order valence-electron chi connectivity index (χ1n) is 9.29. The largest absolute Gasteiger partial charge is 0.381 e. The van der Waals surface area contributed by atoms with Crippen LogP contribution in [-0.2, 0) is 4.74 Å². The molecule has 6 heteroatoms. The van der Waals surface area contributed by atoms with Crippen molar-refractivity contribution in [3.63, 3.8) is 0 Å². The van der Waals surface area contributed by atoms with Gasteiger partial charge in [0, 0.05) is 45.9 Å². The molecule has 1 aliphatic rings. The minimum atomic E-state index is 0. The van der Waals surface area contributed by atoms with Crippen LogP contribution in [0.25, 0.3) is 0 Å². The first-order valence-corrected chi connectivity index (χ1v) is 9.29. The molecule has 0 bridgehead atoms. The van der Waals surface area contributed by atoms with Gasteiger partial charge >= 0.3 is 0 Å². The molecule has 0 aliphatic carbocycles. The van der Waals surface area contributed by atoms with Gasteiger partial charge in [-0.05, 0) is 37.6 Å². The molecule has 0 radical (unpaired) electrons. The summed E-state index contributed by atoms with van der Waals surface area (Å²) in [5, 5.41) is 6.86. The molecular formula is C18H39IN4O. The summed E-state index contributed by atoms with van der Waals surface area (Å²) in [6.45, 7) is 14.9. The number of ether oxygens (including phenoxy) is 1. The Hall–Kier alpha value is -0.0800. The molecule has 0 spiro atoms. The summed E-state index contributed by atoms with van der Waals surface area (Å²) in [6.07, 6.45) is 3.62. The lowest BCUT2D eigenvalue weighted by molar-refractivity contribution is 0.108. The van der Waals surface area contributed by atoms with E-state index in [1.165, 1.54) is 25.9 Å². The van der Waals surface area contributed by atoms with Gasteiger partial charge in [0.2, 0.25) is 0 Å². The van der Waals surface area contributed by atoms with Crippen LogP contribution < -0.4 is 10.6 Å². The lowest BCUT2D eigenvalue weighted by Gasteiger charge is -2.27. The van der Waals surface area contributed by atoms with Crippen LogP contribution in [0.3, 0.4) is 0 Å². The molecule has 24 heavy (non-hydrogen) atoms. The molecule has 2 N–H and O–H groups in total. The maximum absolute atomic E-state index is 5.60. The summed E-state index contributed by atoms with van der Waals surface area (Å²) < 4.78 is 5.60. The molecule has 0 unspecified atom stereocenters. The fourth-order valence-corrected chi connectivity index (χ4v) is 2.97. The Morgan fingerprint density at radius 2 is 1.96 bits per heavy atom. The van der Waals surface area contributed by atoms with E-state index in [1.54, 1.807) is 0 Å². The van der Waals surface area contributed by atoms with Gasteiger partial charge in [0.15, 0.2) is 5.96 Å². The average molecular weight is 454 g/mol. The Labute approximate surface area is 166 Å². The van der Waals surface area contributed by atoms with Gasteiger partial charge in [-0.2, -0.15) is 0 Å². The minimum absolute atomic E-state index is 0. The normalized spacial score (nSPS) is 19.0. The standard InChI is InChI=1S/C18H38N4O.HI/c1-15(2)13-22-10-6-8-17(22)12-21-18(19-5)20-9-7-11-23-14-16(3)4;/h15-17H,6-14H2,1-5H3,(H2,19,20,21);1H/t17-;/m1./s1. The molecule has 1 rings (SSSR count). The fraction of sp³-hybridized carbons (Fsp3) is 0.944. The minimum Gasteiger partial charge on any atom is -0.381 e. The Morgan fingerprint density at radius 3 is 2.58 bits per heavy atom. The zero-order valence-electron chi connectivity index (χ0n) is 16.3. The maximum Gasteiger partial charge on any atom is 0.191 e. The highest BCUT2D eigenvalue weighted by molar-refractivity contribution is 14.0. The van der Waals surface area contributed by atoms with E-state index in [2.05, 4.69) is 48.2 Å². The zero-order chi connectivity index (χ0) is 17.1. The molecule has 0 aromatic rings. The van der Waals surface area contributed by atoms with Crippen molar-refractivity contribution in [2.75, 3.05) is 46.4 Å². The number of aliphatic imine (C=N–C) groups is 1. The molecule has 1 saturated heterocycles. The summed E-state index contributed by atoms with van der Waals surface area (Å²) in [4.78, 5) is 6.93. The molecule has 144 valence electrons. The van der Waals surface area contributed by atoms with Crippen molar-refractivity contribution in [2.24, 2.45) is 16.8 Å². The first-order chi connectivity index (χ1) is 11.0. The van der Waals surface area contributed by atoms with Gasteiger partial charge < -0.3 is 15.4 Å². The molecular weight excluding hydrogens is 415 g/mol. The van der Waals surface area contributed by atoms with E-state index in [4.69, 9.17) is 4.74 Å². The van der Waals surface area contributed by atoms with Gasteiger partial charge in [0.05, 0.1) is 0 Å². The lowest BCUT2D eigenvalue weighted by atomic mass is 10.1. The molecule has 1 aliphatic heterocycles. The van der Waals surface area contributed by atoms with E-state index in [-0.39, 0.29) is 24.0 Å². The average Bonchev–Trinajstić information content (AvgIpc) is 2.92. The quantitative estimate of drug-likeness (QED) is 0.231. The number of hydrogen-bond donors (Lipinski definition) is 2. The number of likely N-dealkylation sites (tertiary alicyclic amines) is 1. The van der Waals surface area contributed by atoms with Gasteiger partial charge in [0.25, 0.3) is 0 Å². The summed E-state index contributed by atoms with van der Waals surface area (Å²) in [5.41, 5.74) is 0. The van der Waals surface area contributed by atoms with Crippen LogP contribution in [0.4, 0.5) is 0 Å². The maximum atomic E-state index is 5.60. The van der Waals surface area contributed by atoms with Crippen molar-refractivity contribution in [2.45, 2.75) is 53.0 Å². The Balaban J connectivity index is 0.00000529. The van der Waals surface area contributed by atoms with Crippen LogP contribution in [0.5, 0.6) is 0 Å². The van der Waals surface area contributed by atoms with E-state index in [1.807, 2.05) is 7.05 Å². The first kappa shape index (κ1) is 23.9. The van der Waals surface area contributed by atoms with E-state index in [9.17, 15) is 0 Å². The number of rotatable bonds is 10. The van der Waals surface area contributed by atoms with Gasteiger partial charge in [-0.25, -0.2) is 0 Å². The predicted molar refractivity (Wildman–Crippen MR) is 114 cm³/mol. The molecule has 0 saturated carbocycles. The highest BCUT2D eigenvalue weighted by Gasteiger charge is 2.24. The molecule has 1 heterocycles. The van der Waals surface area contributed by atoms with E-state index < -0.39 is 0 Å². The summed E-state index contributed by atoms with van der Waals surface area (Å²) in [5.74, 6) is 2.25. The topological polar surface area (TPSA) is 48.9 Å². The third kappa shape index (κ3) is 10.7. The summed E-state index contributed by atoms with van der Waals surface area (Å²) in [6, 6.07) is 0.644. The lowest BCUT2D eigenvalue weighted by Crippen LogP contribution is -2.45. The van der Waals surface area contributed by atoms with E-state index in [0.717, 1.165) is 44.6 Å². The van der Waals surface area contributed by atoms with Crippen LogP contribution in [-0.4, -0.2) is 63.3 Å². The van der Waals surface area contributed by atoms with E-state index >= 15 is 0 Å². The van der Waals surface area contributed by atoms with Gasteiger partial charge in [-0.15, -0.1) is 24.0 Å². The Kier molecular flexibility index (Phi) is 14.1. The van der Waals surface area contributed by atoms with Crippen LogP contribution in [0.2, 0.25) is 0 Å². The van der Waals surface area contributed by atoms with Crippen molar-refractivity contribution in [1.29, 1.82) is 0 Å². The van der Waals surface area contributed by atoms with Crippen molar-refractivity contribution in [1.82, 2.24) is 15.5 Å². The van der Waals surface area contributed by atoms with Gasteiger partial charge in [-0.1, -0.05) is 27.7 Å². The molecule has 1 fully saturated rings. The molecule has 0 aromatic carbocycles. The summed E-state index contributed by atoms with van der Waals surface area (Å²) in [7, 11) is 1.84. The van der Waals surface area contributed by atoms with Crippen molar-refractivity contribution in [3.8, 4) is 0 Å². The Bertz CT molecular complexity index is 337. The second kappa shape index (κ2) is 14.1. The molecule has 0 amide bonds. The third-order valence-electron chi connectivity index (χ3n) is 4.04. The van der Waals surface area contributed by atoms with Crippen LogP contribution in [0.15, 0.2) is 4.99 Å². The molecule has 0 aromatic heterocycles. The molecule has 1 atom stereocenters. The Morgan fingerprint density at radius 1 is 1.21 bits per heavy atom. The van der Waals surface area contributed by atoms with Gasteiger partial charge in [-0.3, -0.25) is 9.89 Å². The van der Waals surface area contributed by atoms with Crippen LogP contribution in [0.1, 0.15) is 47.0 Å². The van der Waals surface area contributed by atoms with Crippen molar-refractivity contribution in [3.05, 3.63) is 0 Å². The number of guanidine groups is 1. The van der Waals surface area contributed by atoms with Crippen LogP contribution >= 0.6 is 24.0 Å². The molecule has 5 nitrogen and oxygen atoms in total. The second-order valence-electron chi connectivity index (χ2n) is 7.39. The smallest absolute Gasteiger partial charge is 0.191 e. The monoisotopic (exact) mass is 454 g/mol. The highest BCUT2D eigenvalue weighted by Crippen LogP contribution is 2.17. The third-order valence-corrected chi connectivity index (χ3v) is 4.04. The highest BCUT2D eigenvalue weighted by atomic mass is 127. The van der Waals surface area contributed by atoms with Crippen molar-refractivity contribution >= 4 is 29.9 Å². The van der Waals surface area contributed by atoms with E-state index in [0.29, 0.717) is 12.0 Å². The summed E-state index contributed by atoms with van der Waals surface area (Å²) >= 11 is 0. The fourth-order valence-electron chi connectivity index (χ4n) is 2.97.